The first-order chi connectivity index (χ1) is 14.5. The van der Waals surface area contributed by atoms with Gasteiger partial charge >= 0.3 is 0 Å². The summed E-state index contributed by atoms with van der Waals surface area (Å²) in [4.78, 5) is 6.56. The van der Waals surface area contributed by atoms with Crippen molar-refractivity contribution < 1.29 is 13.5 Å². The second kappa shape index (κ2) is 9.11. The summed E-state index contributed by atoms with van der Waals surface area (Å²) in [6.07, 6.45) is 1.38. The Balaban J connectivity index is 1.56. The minimum atomic E-state index is -0.830. The van der Waals surface area contributed by atoms with Gasteiger partial charge in [0.2, 0.25) is 5.88 Å². The molecule has 0 unspecified atom stereocenters. The number of hydrogen-bond donors (Lipinski definition) is 0. The van der Waals surface area contributed by atoms with E-state index in [0.29, 0.717) is 10.9 Å². The van der Waals surface area contributed by atoms with E-state index in [9.17, 15) is 8.78 Å². The van der Waals surface area contributed by atoms with E-state index in [4.69, 9.17) is 16.3 Å². The summed E-state index contributed by atoms with van der Waals surface area (Å²) in [5, 5.41) is 0.546. The number of benzene rings is 2. The van der Waals surface area contributed by atoms with Gasteiger partial charge in [0.05, 0.1) is 5.02 Å². The molecule has 1 aromatic heterocycles. The van der Waals surface area contributed by atoms with E-state index < -0.39 is 11.6 Å². The van der Waals surface area contributed by atoms with Crippen molar-refractivity contribution in [2.45, 2.75) is 25.5 Å². The molecule has 0 bridgehead atoms. The lowest BCUT2D eigenvalue weighted by Crippen LogP contribution is -2.30. The SMILES string of the molecule is C[C@H](Oc1ccc(Cl)cn1)[C@@H]1CN(Cc2ccccc2)C[C@@H]1c1ccc(F)c(F)c1. The normalized spacial score (nSPS) is 20.3. The zero-order chi connectivity index (χ0) is 21.1. The fourth-order valence-electron chi connectivity index (χ4n) is 4.17. The molecule has 3 nitrogen and oxygen atoms in total. The highest BCUT2D eigenvalue weighted by Gasteiger charge is 2.38. The van der Waals surface area contributed by atoms with Gasteiger partial charge in [-0.15, -0.1) is 0 Å². The Morgan fingerprint density at radius 3 is 2.57 bits per heavy atom. The summed E-state index contributed by atoms with van der Waals surface area (Å²) in [5.74, 6) is -1.04. The van der Waals surface area contributed by atoms with Gasteiger partial charge in [-0.05, 0) is 36.2 Å². The molecule has 1 aliphatic heterocycles. The van der Waals surface area contributed by atoms with Crippen LogP contribution in [-0.4, -0.2) is 29.1 Å². The van der Waals surface area contributed by atoms with Crippen LogP contribution >= 0.6 is 11.6 Å². The quantitative estimate of drug-likeness (QED) is 0.503. The van der Waals surface area contributed by atoms with Crippen molar-refractivity contribution >= 4 is 11.6 Å². The smallest absolute Gasteiger partial charge is 0.213 e. The highest BCUT2D eigenvalue weighted by Crippen LogP contribution is 2.37. The third kappa shape index (κ3) is 4.79. The topological polar surface area (TPSA) is 25.4 Å². The van der Waals surface area contributed by atoms with Crippen LogP contribution in [0, 0.1) is 17.6 Å². The first-order valence-corrected chi connectivity index (χ1v) is 10.4. The predicted molar refractivity (Wildman–Crippen MR) is 114 cm³/mol. The Labute approximate surface area is 180 Å². The van der Waals surface area contributed by atoms with Crippen LogP contribution in [0.1, 0.15) is 24.0 Å². The number of nitrogens with zero attached hydrogens (tertiary/aromatic N) is 2. The molecule has 6 heteroatoms. The molecular formula is C24H23ClF2N2O. The summed E-state index contributed by atoms with van der Waals surface area (Å²) in [6.45, 7) is 4.32. The van der Waals surface area contributed by atoms with Crippen molar-refractivity contribution in [3.8, 4) is 5.88 Å². The zero-order valence-corrected chi connectivity index (χ0v) is 17.4. The third-order valence-electron chi connectivity index (χ3n) is 5.67. The van der Waals surface area contributed by atoms with Gasteiger partial charge in [0.25, 0.3) is 0 Å². The van der Waals surface area contributed by atoms with Crippen LogP contribution in [0.25, 0.3) is 0 Å². The van der Waals surface area contributed by atoms with Crippen molar-refractivity contribution in [1.29, 1.82) is 0 Å². The molecule has 2 heterocycles. The van der Waals surface area contributed by atoms with E-state index in [1.807, 2.05) is 25.1 Å². The van der Waals surface area contributed by atoms with Gasteiger partial charge < -0.3 is 4.74 Å². The summed E-state index contributed by atoms with van der Waals surface area (Å²) in [6, 6.07) is 17.9. The standard InChI is InChI=1S/C24H23ClF2N2O/c1-16(30-24-10-8-19(25)12-28-24)20-14-29(13-17-5-3-2-4-6-17)15-21(20)18-7-9-22(26)23(27)11-18/h2-12,16,20-21H,13-15H2,1H3/t16-,20-,21+/m0/s1. The van der Waals surface area contributed by atoms with E-state index in [1.54, 1.807) is 24.4 Å². The molecule has 0 amide bonds. The van der Waals surface area contributed by atoms with Crippen LogP contribution in [0.3, 0.4) is 0 Å². The average molecular weight is 429 g/mol. The Kier molecular flexibility index (Phi) is 6.30. The molecule has 1 aliphatic rings. The van der Waals surface area contributed by atoms with Crippen molar-refractivity contribution in [3.63, 3.8) is 0 Å². The molecule has 0 saturated carbocycles. The van der Waals surface area contributed by atoms with Crippen molar-refractivity contribution in [1.82, 2.24) is 9.88 Å². The molecule has 0 radical (unpaired) electrons. The third-order valence-corrected chi connectivity index (χ3v) is 5.89. The lowest BCUT2D eigenvalue weighted by molar-refractivity contribution is 0.138. The number of likely N-dealkylation sites (tertiary alicyclic amines) is 1. The predicted octanol–water partition coefficient (Wildman–Crippen LogP) is 5.70. The Bertz CT molecular complexity index is 984. The molecule has 1 fully saturated rings. The summed E-state index contributed by atoms with van der Waals surface area (Å²) in [5.41, 5.74) is 2.00. The summed E-state index contributed by atoms with van der Waals surface area (Å²) < 4.78 is 33.5. The lowest BCUT2D eigenvalue weighted by atomic mass is 9.85. The first kappa shape index (κ1) is 20.8. The molecule has 3 atom stereocenters. The van der Waals surface area contributed by atoms with Crippen LogP contribution in [-0.2, 0) is 6.54 Å². The van der Waals surface area contributed by atoms with E-state index in [-0.39, 0.29) is 17.9 Å². The van der Waals surface area contributed by atoms with Crippen molar-refractivity contribution in [2.75, 3.05) is 13.1 Å². The zero-order valence-electron chi connectivity index (χ0n) is 16.6. The molecule has 2 aromatic carbocycles. The molecular weight excluding hydrogens is 406 g/mol. The fraction of sp³-hybridized carbons (Fsp3) is 0.292. The van der Waals surface area contributed by atoms with E-state index in [1.165, 1.54) is 17.7 Å². The minimum absolute atomic E-state index is 0.0195. The average Bonchev–Trinajstić information content (AvgIpc) is 3.16. The molecule has 0 aliphatic carbocycles. The van der Waals surface area contributed by atoms with Crippen LogP contribution in [0.15, 0.2) is 66.9 Å². The largest absolute Gasteiger partial charge is 0.474 e. The number of rotatable bonds is 6. The second-order valence-electron chi connectivity index (χ2n) is 7.76. The van der Waals surface area contributed by atoms with E-state index in [0.717, 1.165) is 25.2 Å². The molecule has 156 valence electrons. The maximum Gasteiger partial charge on any atom is 0.213 e. The Morgan fingerprint density at radius 2 is 1.87 bits per heavy atom. The van der Waals surface area contributed by atoms with Crippen LogP contribution in [0.2, 0.25) is 5.02 Å². The maximum absolute atomic E-state index is 13.9. The number of ether oxygens (including phenoxy) is 1. The lowest BCUT2D eigenvalue weighted by Gasteiger charge is -2.26. The van der Waals surface area contributed by atoms with Gasteiger partial charge in [-0.1, -0.05) is 48.0 Å². The Hall–Kier alpha value is -2.50. The van der Waals surface area contributed by atoms with Crippen LogP contribution < -0.4 is 4.74 Å². The monoisotopic (exact) mass is 428 g/mol. The first-order valence-electron chi connectivity index (χ1n) is 9.99. The molecule has 3 aromatic rings. The molecule has 0 N–H and O–H groups in total. The molecule has 4 rings (SSSR count). The van der Waals surface area contributed by atoms with Gasteiger partial charge in [0.15, 0.2) is 11.6 Å². The molecule has 1 saturated heterocycles. The number of pyridine rings is 1. The highest BCUT2D eigenvalue weighted by molar-refractivity contribution is 6.30. The maximum atomic E-state index is 13.9. The number of hydrogen-bond acceptors (Lipinski definition) is 3. The Morgan fingerprint density at radius 1 is 1.07 bits per heavy atom. The van der Waals surface area contributed by atoms with Crippen LogP contribution in [0.5, 0.6) is 5.88 Å². The van der Waals surface area contributed by atoms with E-state index in [2.05, 4.69) is 22.0 Å². The van der Waals surface area contributed by atoms with Gasteiger partial charge in [0.1, 0.15) is 6.10 Å². The molecule has 0 spiro atoms. The number of aromatic nitrogens is 1. The van der Waals surface area contributed by atoms with Gasteiger partial charge in [-0.3, -0.25) is 4.90 Å². The fourth-order valence-corrected chi connectivity index (χ4v) is 4.28. The van der Waals surface area contributed by atoms with Crippen molar-refractivity contribution in [3.05, 3.63) is 94.6 Å². The highest BCUT2D eigenvalue weighted by atomic mass is 35.5. The summed E-state index contributed by atoms with van der Waals surface area (Å²) in [7, 11) is 0. The number of halogens is 3. The minimum Gasteiger partial charge on any atom is -0.474 e. The van der Waals surface area contributed by atoms with E-state index >= 15 is 0 Å². The van der Waals surface area contributed by atoms with Crippen LogP contribution in [0.4, 0.5) is 8.78 Å². The van der Waals surface area contributed by atoms with Gasteiger partial charge in [-0.2, -0.15) is 0 Å². The molecule has 30 heavy (non-hydrogen) atoms. The second-order valence-corrected chi connectivity index (χ2v) is 8.20. The summed E-state index contributed by atoms with van der Waals surface area (Å²) >= 11 is 5.91. The van der Waals surface area contributed by atoms with Crippen molar-refractivity contribution in [2.24, 2.45) is 5.92 Å². The van der Waals surface area contributed by atoms with Gasteiger partial charge in [-0.25, -0.2) is 13.8 Å². The van der Waals surface area contributed by atoms with Gasteiger partial charge in [0, 0.05) is 43.7 Å².